The normalized spacial score (nSPS) is 12.2. The van der Waals surface area contributed by atoms with Gasteiger partial charge < -0.3 is 15.4 Å². The first-order valence-electron chi connectivity index (χ1n) is 7.69. The van der Waals surface area contributed by atoms with Crippen LogP contribution in [0.5, 0.6) is 0 Å². The van der Waals surface area contributed by atoms with Crippen molar-refractivity contribution in [2.24, 2.45) is 12.8 Å². The van der Waals surface area contributed by atoms with Gasteiger partial charge in [-0.15, -0.1) is 0 Å². The molecule has 0 bridgehead atoms. The number of fused-ring (bicyclic) bond motifs is 1. The Kier molecular flexibility index (Phi) is 4.24. The topological polar surface area (TPSA) is 111 Å². The molecule has 0 saturated heterocycles. The van der Waals surface area contributed by atoms with E-state index < -0.39 is 16.9 Å². The molecule has 0 saturated carbocycles. The fraction of sp³-hybridized carbons (Fsp3) is 0.167. The van der Waals surface area contributed by atoms with E-state index in [0.717, 1.165) is 5.56 Å². The van der Waals surface area contributed by atoms with Gasteiger partial charge in [0.1, 0.15) is 6.04 Å². The lowest BCUT2D eigenvalue weighted by molar-refractivity contribution is -0.382. The summed E-state index contributed by atoms with van der Waals surface area (Å²) in [7, 11) is 1.77. The number of aromatic nitrogens is 1. The van der Waals surface area contributed by atoms with Crippen LogP contribution in [0.2, 0.25) is 0 Å². The van der Waals surface area contributed by atoms with Gasteiger partial charge in [0, 0.05) is 19.7 Å². The van der Waals surface area contributed by atoms with Gasteiger partial charge in [-0.2, -0.15) is 0 Å². The molecule has 0 amide bonds. The third kappa shape index (κ3) is 2.97. The minimum absolute atomic E-state index is 0.0196. The SMILES string of the molecule is Cn1cc(CC(N)C(=O)O)c2c([N+](=O)[O-])c(-c3ccccc3)ccc21. The Labute approximate surface area is 143 Å². The average Bonchev–Trinajstić information content (AvgIpc) is 2.90. The lowest BCUT2D eigenvalue weighted by atomic mass is 9.97. The van der Waals surface area contributed by atoms with Crippen LogP contribution < -0.4 is 5.73 Å². The number of benzene rings is 2. The molecule has 0 radical (unpaired) electrons. The van der Waals surface area contributed by atoms with Crippen LogP contribution in [0.4, 0.5) is 5.69 Å². The van der Waals surface area contributed by atoms with E-state index in [4.69, 9.17) is 10.8 Å². The second kappa shape index (κ2) is 6.37. The number of nitro groups is 1. The van der Waals surface area contributed by atoms with E-state index in [1.54, 1.807) is 42.1 Å². The monoisotopic (exact) mass is 339 g/mol. The highest BCUT2D eigenvalue weighted by Crippen LogP contribution is 2.39. The van der Waals surface area contributed by atoms with Gasteiger partial charge in [0.2, 0.25) is 0 Å². The summed E-state index contributed by atoms with van der Waals surface area (Å²) in [5, 5.41) is 21.3. The minimum atomic E-state index is -1.14. The zero-order chi connectivity index (χ0) is 18.1. The summed E-state index contributed by atoms with van der Waals surface area (Å²) in [5.41, 5.74) is 8.06. The number of hydrogen-bond donors (Lipinski definition) is 2. The van der Waals surface area contributed by atoms with E-state index in [2.05, 4.69) is 0 Å². The van der Waals surface area contributed by atoms with E-state index in [1.165, 1.54) is 0 Å². The average molecular weight is 339 g/mol. The first-order chi connectivity index (χ1) is 11.9. The number of rotatable bonds is 5. The van der Waals surface area contributed by atoms with Crippen molar-refractivity contribution in [3.05, 3.63) is 64.3 Å². The van der Waals surface area contributed by atoms with E-state index in [9.17, 15) is 14.9 Å². The molecule has 3 aromatic rings. The first kappa shape index (κ1) is 16.7. The van der Waals surface area contributed by atoms with E-state index in [1.807, 2.05) is 18.2 Å². The second-order valence-corrected chi connectivity index (χ2v) is 5.89. The molecular weight excluding hydrogens is 322 g/mol. The maximum absolute atomic E-state index is 11.8. The number of nitrogens with zero attached hydrogens (tertiary/aromatic N) is 2. The van der Waals surface area contributed by atoms with Crippen LogP contribution in [0.1, 0.15) is 5.56 Å². The van der Waals surface area contributed by atoms with Crippen molar-refractivity contribution in [3.8, 4) is 11.1 Å². The lowest BCUT2D eigenvalue weighted by Crippen LogP contribution is -2.32. The van der Waals surface area contributed by atoms with E-state index in [0.29, 0.717) is 22.0 Å². The molecule has 25 heavy (non-hydrogen) atoms. The van der Waals surface area contributed by atoms with Crippen LogP contribution in [0.15, 0.2) is 48.7 Å². The van der Waals surface area contributed by atoms with Gasteiger partial charge in [-0.05, 0) is 23.3 Å². The quantitative estimate of drug-likeness (QED) is 0.548. The summed E-state index contributed by atoms with van der Waals surface area (Å²) in [6.45, 7) is 0. The number of aliphatic carboxylic acids is 1. The zero-order valence-electron chi connectivity index (χ0n) is 13.5. The molecule has 1 atom stereocenters. The van der Waals surface area contributed by atoms with Crippen LogP contribution in [0.25, 0.3) is 22.0 Å². The van der Waals surface area contributed by atoms with Crippen molar-refractivity contribution < 1.29 is 14.8 Å². The van der Waals surface area contributed by atoms with Crippen molar-refractivity contribution in [2.75, 3.05) is 0 Å². The predicted molar refractivity (Wildman–Crippen MR) is 94.3 cm³/mol. The Bertz CT molecular complexity index is 963. The summed E-state index contributed by atoms with van der Waals surface area (Å²) < 4.78 is 1.75. The number of carboxylic acids is 1. The molecule has 0 aliphatic carbocycles. The summed E-state index contributed by atoms with van der Waals surface area (Å²) in [4.78, 5) is 22.5. The number of nitro benzene ring substituents is 1. The number of nitrogens with two attached hydrogens (primary N) is 1. The lowest BCUT2D eigenvalue weighted by Gasteiger charge is -2.08. The van der Waals surface area contributed by atoms with Gasteiger partial charge in [0.25, 0.3) is 5.69 Å². The number of carbonyl (C=O) groups is 1. The van der Waals surface area contributed by atoms with Gasteiger partial charge in [-0.1, -0.05) is 30.3 Å². The molecule has 0 aliphatic rings. The van der Waals surface area contributed by atoms with Crippen LogP contribution in [0, 0.1) is 10.1 Å². The zero-order valence-corrected chi connectivity index (χ0v) is 13.5. The van der Waals surface area contributed by atoms with E-state index >= 15 is 0 Å². The van der Waals surface area contributed by atoms with Crippen molar-refractivity contribution in [3.63, 3.8) is 0 Å². The van der Waals surface area contributed by atoms with Crippen molar-refractivity contribution >= 4 is 22.6 Å². The third-order valence-corrected chi connectivity index (χ3v) is 4.23. The summed E-state index contributed by atoms with van der Waals surface area (Å²) in [6, 6.07) is 11.5. The Morgan fingerprint density at radius 1 is 1.28 bits per heavy atom. The molecule has 7 nitrogen and oxygen atoms in total. The largest absolute Gasteiger partial charge is 0.480 e. The fourth-order valence-corrected chi connectivity index (χ4v) is 3.08. The van der Waals surface area contributed by atoms with Crippen LogP contribution in [0.3, 0.4) is 0 Å². The van der Waals surface area contributed by atoms with Gasteiger partial charge in [-0.3, -0.25) is 14.9 Å². The highest BCUT2D eigenvalue weighted by atomic mass is 16.6. The van der Waals surface area contributed by atoms with Gasteiger partial charge in [-0.25, -0.2) is 0 Å². The highest BCUT2D eigenvalue weighted by Gasteiger charge is 2.26. The summed E-state index contributed by atoms with van der Waals surface area (Å²) in [5.74, 6) is -1.14. The molecule has 1 heterocycles. The molecule has 1 aromatic heterocycles. The molecule has 2 aromatic carbocycles. The maximum Gasteiger partial charge on any atom is 0.320 e. The number of carboxylic acid groups (broad SMARTS) is 1. The number of hydrogen-bond acceptors (Lipinski definition) is 4. The van der Waals surface area contributed by atoms with Crippen LogP contribution in [-0.4, -0.2) is 26.6 Å². The molecule has 0 fully saturated rings. The van der Waals surface area contributed by atoms with Crippen molar-refractivity contribution in [1.29, 1.82) is 0 Å². The van der Waals surface area contributed by atoms with Crippen LogP contribution in [-0.2, 0) is 18.3 Å². The molecule has 128 valence electrons. The molecular formula is C18H17N3O4. The Hall–Kier alpha value is -3.19. The Morgan fingerprint density at radius 2 is 1.96 bits per heavy atom. The van der Waals surface area contributed by atoms with Gasteiger partial charge in [0.05, 0.1) is 21.4 Å². The van der Waals surface area contributed by atoms with E-state index in [-0.39, 0.29) is 12.1 Å². The summed E-state index contributed by atoms with van der Waals surface area (Å²) in [6.07, 6.45) is 1.72. The van der Waals surface area contributed by atoms with Crippen molar-refractivity contribution in [1.82, 2.24) is 4.57 Å². The second-order valence-electron chi connectivity index (χ2n) is 5.89. The maximum atomic E-state index is 11.8. The van der Waals surface area contributed by atoms with Crippen molar-refractivity contribution in [2.45, 2.75) is 12.5 Å². The fourth-order valence-electron chi connectivity index (χ4n) is 3.08. The first-order valence-corrected chi connectivity index (χ1v) is 7.69. The van der Waals surface area contributed by atoms with Gasteiger partial charge >= 0.3 is 5.97 Å². The minimum Gasteiger partial charge on any atom is -0.480 e. The molecule has 0 spiro atoms. The van der Waals surface area contributed by atoms with Crippen LogP contribution >= 0.6 is 0 Å². The smallest absolute Gasteiger partial charge is 0.320 e. The van der Waals surface area contributed by atoms with Gasteiger partial charge in [0.15, 0.2) is 0 Å². The standard InChI is InChI=1S/C18H17N3O4/c1-20-10-12(9-14(19)18(22)23)16-15(20)8-7-13(17(16)21(24)25)11-5-3-2-4-6-11/h2-8,10,14H,9,19H2,1H3,(H,22,23). The molecule has 3 rings (SSSR count). The number of aryl methyl sites for hydroxylation is 1. The predicted octanol–water partition coefficient (Wildman–Crippen LogP) is 2.71. The third-order valence-electron chi connectivity index (χ3n) is 4.23. The molecule has 1 unspecified atom stereocenters. The Balaban J connectivity index is 2.29. The molecule has 3 N–H and O–H groups in total. The Morgan fingerprint density at radius 3 is 2.56 bits per heavy atom. The summed E-state index contributed by atoms with van der Waals surface area (Å²) >= 11 is 0. The highest BCUT2D eigenvalue weighted by molar-refractivity contribution is 5.99. The molecule has 0 aliphatic heterocycles. The molecule has 7 heteroatoms.